The van der Waals surface area contributed by atoms with Crippen molar-refractivity contribution in [3.8, 4) is 5.75 Å². The van der Waals surface area contributed by atoms with Crippen LogP contribution >= 0.6 is 0 Å². The summed E-state index contributed by atoms with van der Waals surface area (Å²) in [5.41, 5.74) is 0.875. The van der Waals surface area contributed by atoms with Gasteiger partial charge in [0.2, 0.25) is 0 Å². The van der Waals surface area contributed by atoms with Crippen LogP contribution in [0.3, 0.4) is 0 Å². The van der Waals surface area contributed by atoms with Crippen LogP contribution in [0.2, 0.25) is 0 Å². The van der Waals surface area contributed by atoms with Crippen LogP contribution in [0.25, 0.3) is 0 Å². The Labute approximate surface area is 116 Å². The van der Waals surface area contributed by atoms with Crippen molar-refractivity contribution >= 4 is 0 Å². The third-order valence-corrected chi connectivity index (χ3v) is 2.80. The number of para-hydroxylation sites is 1. The lowest BCUT2D eigenvalue weighted by Gasteiger charge is -2.22. The second-order valence-electron chi connectivity index (χ2n) is 6.36. The molecule has 0 atom stereocenters. The highest BCUT2D eigenvalue weighted by Crippen LogP contribution is 2.23. The van der Waals surface area contributed by atoms with Crippen molar-refractivity contribution in [2.45, 2.75) is 53.1 Å². The summed E-state index contributed by atoms with van der Waals surface area (Å²) in [5, 5.41) is 3.36. The molecule has 0 fully saturated rings. The Hall–Kier alpha value is -1.09. The fourth-order valence-corrected chi connectivity index (χ4v) is 1.61. The van der Waals surface area contributed by atoms with E-state index in [2.05, 4.69) is 39.9 Å². The second kappa shape index (κ2) is 6.90. The average molecular weight is 267 g/mol. The molecule has 1 aromatic rings. The van der Waals surface area contributed by atoms with Gasteiger partial charge in [-0.05, 0) is 39.2 Å². The highest BCUT2D eigenvalue weighted by atomic mass is 19.1. The van der Waals surface area contributed by atoms with Crippen LogP contribution in [0.15, 0.2) is 18.2 Å². The first kappa shape index (κ1) is 16.0. The molecule has 0 bridgehead atoms. The van der Waals surface area contributed by atoms with E-state index in [4.69, 9.17) is 4.74 Å². The third kappa shape index (κ3) is 6.06. The fraction of sp³-hybridized carbons (Fsp3) is 0.625. The van der Waals surface area contributed by atoms with Crippen LogP contribution in [-0.4, -0.2) is 12.1 Å². The molecule has 1 aromatic carbocycles. The van der Waals surface area contributed by atoms with Crippen LogP contribution in [0.1, 0.15) is 46.6 Å². The standard InChI is InChI=1S/C16H26FNO/c1-12(2)9-10-19-15-13(7-6-8-14(15)17)11-18-16(3,4)5/h6-8,12,18H,9-11H2,1-5H3. The molecule has 0 spiro atoms. The zero-order valence-electron chi connectivity index (χ0n) is 12.7. The topological polar surface area (TPSA) is 21.3 Å². The minimum atomic E-state index is -0.281. The van der Waals surface area contributed by atoms with Gasteiger partial charge in [0.05, 0.1) is 6.61 Å². The number of ether oxygens (including phenoxy) is 1. The van der Waals surface area contributed by atoms with Crippen LogP contribution < -0.4 is 10.1 Å². The Kier molecular flexibility index (Phi) is 5.80. The number of nitrogens with one attached hydrogen (secondary N) is 1. The minimum absolute atomic E-state index is 0.00151. The van der Waals surface area contributed by atoms with Crippen LogP contribution in [-0.2, 0) is 6.54 Å². The Morgan fingerprint density at radius 3 is 2.53 bits per heavy atom. The van der Waals surface area contributed by atoms with Crippen molar-refractivity contribution in [1.29, 1.82) is 0 Å². The summed E-state index contributed by atoms with van der Waals surface area (Å²) in [7, 11) is 0. The molecule has 1 N–H and O–H groups in total. The van der Waals surface area contributed by atoms with Crippen molar-refractivity contribution in [3.05, 3.63) is 29.6 Å². The van der Waals surface area contributed by atoms with E-state index in [0.29, 0.717) is 24.8 Å². The summed E-state index contributed by atoms with van der Waals surface area (Å²) in [4.78, 5) is 0. The molecule has 0 aliphatic rings. The highest BCUT2D eigenvalue weighted by molar-refractivity contribution is 5.35. The molecule has 0 amide bonds. The molecule has 0 heterocycles. The smallest absolute Gasteiger partial charge is 0.165 e. The van der Waals surface area contributed by atoms with Gasteiger partial charge in [0.15, 0.2) is 11.6 Å². The summed E-state index contributed by atoms with van der Waals surface area (Å²) < 4.78 is 19.5. The van der Waals surface area contributed by atoms with Gasteiger partial charge in [-0.1, -0.05) is 26.0 Å². The third-order valence-electron chi connectivity index (χ3n) is 2.80. The van der Waals surface area contributed by atoms with Gasteiger partial charge >= 0.3 is 0 Å². The van der Waals surface area contributed by atoms with E-state index in [1.54, 1.807) is 6.07 Å². The Morgan fingerprint density at radius 1 is 1.26 bits per heavy atom. The first-order valence-electron chi connectivity index (χ1n) is 6.95. The molecule has 3 heteroatoms. The van der Waals surface area contributed by atoms with Gasteiger partial charge in [-0.3, -0.25) is 0 Å². The van der Waals surface area contributed by atoms with Gasteiger partial charge in [-0.2, -0.15) is 0 Å². The molecule has 2 nitrogen and oxygen atoms in total. The summed E-state index contributed by atoms with van der Waals surface area (Å²) in [6, 6.07) is 5.09. The molecule has 19 heavy (non-hydrogen) atoms. The monoisotopic (exact) mass is 267 g/mol. The summed E-state index contributed by atoms with van der Waals surface area (Å²) in [6.45, 7) is 11.7. The Balaban J connectivity index is 2.71. The van der Waals surface area contributed by atoms with E-state index in [1.807, 2.05) is 6.07 Å². The summed E-state index contributed by atoms with van der Waals surface area (Å²) in [5.74, 6) is 0.666. The number of benzene rings is 1. The molecule has 0 saturated carbocycles. The van der Waals surface area contributed by atoms with Gasteiger partial charge < -0.3 is 10.1 Å². The van der Waals surface area contributed by atoms with Crippen LogP contribution in [0, 0.1) is 11.7 Å². The molecule has 0 unspecified atom stereocenters. The van der Waals surface area contributed by atoms with Gasteiger partial charge in [0.1, 0.15) is 0 Å². The van der Waals surface area contributed by atoms with E-state index >= 15 is 0 Å². The molecule has 0 aromatic heterocycles. The van der Waals surface area contributed by atoms with E-state index in [0.717, 1.165) is 12.0 Å². The van der Waals surface area contributed by atoms with Crippen LogP contribution in [0.5, 0.6) is 5.75 Å². The normalized spacial score (nSPS) is 11.9. The maximum Gasteiger partial charge on any atom is 0.165 e. The average Bonchev–Trinajstić information content (AvgIpc) is 2.27. The molecule has 0 aliphatic heterocycles. The van der Waals surface area contributed by atoms with E-state index in [-0.39, 0.29) is 11.4 Å². The molecular formula is C16H26FNO. The number of rotatable bonds is 6. The van der Waals surface area contributed by atoms with Gasteiger partial charge in [0, 0.05) is 17.6 Å². The summed E-state index contributed by atoms with van der Waals surface area (Å²) >= 11 is 0. The number of halogens is 1. The molecular weight excluding hydrogens is 241 g/mol. The van der Waals surface area contributed by atoms with E-state index in [1.165, 1.54) is 6.07 Å². The Morgan fingerprint density at radius 2 is 1.95 bits per heavy atom. The maximum atomic E-state index is 13.8. The first-order chi connectivity index (χ1) is 8.79. The number of hydrogen-bond acceptors (Lipinski definition) is 2. The van der Waals surface area contributed by atoms with Crippen molar-refractivity contribution in [2.75, 3.05) is 6.61 Å². The highest BCUT2D eigenvalue weighted by Gasteiger charge is 2.13. The van der Waals surface area contributed by atoms with Crippen molar-refractivity contribution in [2.24, 2.45) is 5.92 Å². The molecule has 108 valence electrons. The molecule has 0 aliphatic carbocycles. The largest absolute Gasteiger partial charge is 0.490 e. The predicted molar refractivity (Wildman–Crippen MR) is 77.9 cm³/mol. The first-order valence-corrected chi connectivity index (χ1v) is 6.95. The lowest BCUT2D eigenvalue weighted by Crippen LogP contribution is -2.35. The zero-order valence-corrected chi connectivity index (χ0v) is 12.7. The summed E-state index contributed by atoms with van der Waals surface area (Å²) in [6.07, 6.45) is 0.931. The van der Waals surface area contributed by atoms with Crippen LogP contribution in [0.4, 0.5) is 4.39 Å². The van der Waals surface area contributed by atoms with E-state index < -0.39 is 0 Å². The van der Waals surface area contributed by atoms with Gasteiger partial charge in [-0.25, -0.2) is 4.39 Å². The molecule has 0 radical (unpaired) electrons. The maximum absolute atomic E-state index is 13.8. The number of hydrogen-bond donors (Lipinski definition) is 1. The SMILES string of the molecule is CC(C)CCOc1c(F)cccc1CNC(C)(C)C. The predicted octanol–water partition coefficient (Wildman–Crippen LogP) is 4.14. The second-order valence-corrected chi connectivity index (χ2v) is 6.36. The van der Waals surface area contributed by atoms with Crippen molar-refractivity contribution in [1.82, 2.24) is 5.32 Å². The lowest BCUT2D eigenvalue weighted by molar-refractivity contribution is 0.272. The quantitative estimate of drug-likeness (QED) is 0.836. The molecule has 1 rings (SSSR count). The lowest BCUT2D eigenvalue weighted by atomic mass is 10.1. The fourth-order valence-electron chi connectivity index (χ4n) is 1.61. The molecule has 0 saturated heterocycles. The minimum Gasteiger partial charge on any atom is -0.490 e. The van der Waals surface area contributed by atoms with E-state index in [9.17, 15) is 4.39 Å². The van der Waals surface area contributed by atoms with Gasteiger partial charge in [0.25, 0.3) is 0 Å². The van der Waals surface area contributed by atoms with Crippen molar-refractivity contribution in [3.63, 3.8) is 0 Å². The Bertz CT molecular complexity index is 396. The van der Waals surface area contributed by atoms with Gasteiger partial charge in [-0.15, -0.1) is 0 Å². The zero-order chi connectivity index (χ0) is 14.5. The van der Waals surface area contributed by atoms with Crippen molar-refractivity contribution < 1.29 is 9.13 Å².